The maximum atomic E-state index is 12.3. The van der Waals surface area contributed by atoms with Gasteiger partial charge < -0.3 is 10.0 Å². The number of nitrogens with zero attached hydrogens (tertiary/aromatic N) is 1. The predicted molar refractivity (Wildman–Crippen MR) is 70.8 cm³/mol. The molecule has 1 N–H and O–H groups in total. The first-order valence-corrected chi connectivity index (χ1v) is 6.66. The number of halogens is 2. The molecule has 1 atom stereocenters. The highest BCUT2D eigenvalue weighted by Gasteiger charge is 2.34. The van der Waals surface area contributed by atoms with E-state index >= 15 is 0 Å². The second-order valence-corrected chi connectivity index (χ2v) is 5.44. The molecule has 1 unspecified atom stereocenters. The molecule has 1 aliphatic heterocycles. The largest absolute Gasteiger partial charge is 0.480 e. The van der Waals surface area contributed by atoms with Crippen molar-refractivity contribution in [3.63, 3.8) is 0 Å². The minimum Gasteiger partial charge on any atom is -0.480 e. The summed E-state index contributed by atoms with van der Waals surface area (Å²) in [5, 5.41) is 9.38. The summed E-state index contributed by atoms with van der Waals surface area (Å²) in [6, 6.07) is 4.20. The molecule has 1 heterocycles. The topological polar surface area (TPSA) is 57.6 Å². The lowest BCUT2D eigenvalue weighted by Gasteiger charge is -2.21. The molecule has 0 aromatic heterocycles. The molecule has 1 aliphatic rings. The molecule has 1 fully saturated rings. The van der Waals surface area contributed by atoms with Crippen LogP contribution in [0.15, 0.2) is 22.7 Å². The van der Waals surface area contributed by atoms with E-state index in [4.69, 9.17) is 16.7 Å². The highest BCUT2D eigenvalue weighted by Crippen LogP contribution is 2.26. The van der Waals surface area contributed by atoms with Gasteiger partial charge in [-0.05, 0) is 31.0 Å². The van der Waals surface area contributed by atoms with Crippen molar-refractivity contribution in [3.05, 3.63) is 33.3 Å². The Morgan fingerprint density at radius 1 is 1.44 bits per heavy atom. The summed E-state index contributed by atoms with van der Waals surface area (Å²) in [5.41, 5.74) is 0.341. The number of carboxylic acids is 1. The number of carbonyl (C=O) groups is 2. The number of rotatable bonds is 2. The Morgan fingerprint density at radius 3 is 2.78 bits per heavy atom. The third-order valence-electron chi connectivity index (χ3n) is 2.96. The van der Waals surface area contributed by atoms with Crippen molar-refractivity contribution < 1.29 is 14.7 Å². The van der Waals surface area contributed by atoms with Crippen molar-refractivity contribution in [3.8, 4) is 0 Å². The summed E-state index contributed by atoms with van der Waals surface area (Å²) in [4.78, 5) is 24.7. The Morgan fingerprint density at radius 2 is 2.17 bits per heavy atom. The quantitative estimate of drug-likeness (QED) is 0.906. The van der Waals surface area contributed by atoms with Crippen molar-refractivity contribution in [1.82, 2.24) is 4.90 Å². The van der Waals surface area contributed by atoms with Crippen LogP contribution in [0.4, 0.5) is 0 Å². The van der Waals surface area contributed by atoms with Crippen molar-refractivity contribution in [2.24, 2.45) is 0 Å². The molecule has 0 radical (unpaired) electrons. The molecular weight excluding hydrogens is 321 g/mol. The van der Waals surface area contributed by atoms with Crippen LogP contribution in [0, 0.1) is 0 Å². The monoisotopic (exact) mass is 331 g/mol. The van der Waals surface area contributed by atoms with Crippen LogP contribution in [-0.2, 0) is 4.79 Å². The lowest BCUT2D eigenvalue weighted by atomic mass is 10.1. The van der Waals surface area contributed by atoms with E-state index in [0.717, 1.165) is 4.47 Å². The third-order valence-corrected chi connectivity index (χ3v) is 3.77. The number of hydrogen-bond acceptors (Lipinski definition) is 2. The standard InChI is InChI=1S/C12H11BrClNO3/c13-7-3-4-8(9(14)6-7)11(16)15-5-1-2-10(15)12(17)18/h3-4,6,10H,1-2,5H2,(H,17,18). The average Bonchev–Trinajstić information content (AvgIpc) is 2.77. The zero-order chi connectivity index (χ0) is 13.3. The van der Waals surface area contributed by atoms with Gasteiger partial charge in [0.2, 0.25) is 0 Å². The van der Waals surface area contributed by atoms with Gasteiger partial charge in [-0.25, -0.2) is 4.79 Å². The maximum absolute atomic E-state index is 12.3. The molecule has 1 aromatic carbocycles. The SMILES string of the molecule is O=C(O)C1CCCN1C(=O)c1ccc(Br)cc1Cl. The van der Waals surface area contributed by atoms with Crippen LogP contribution >= 0.6 is 27.5 Å². The van der Waals surface area contributed by atoms with Gasteiger partial charge in [-0.1, -0.05) is 27.5 Å². The van der Waals surface area contributed by atoms with Gasteiger partial charge >= 0.3 is 5.97 Å². The smallest absolute Gasteiger partial charge is 0.326 e. The van der Waals surface area contributed by atoms with Gasteiger partial charge in [0.25, 0.3) is 5.91 Å². The van der Waals surface area contributed by atoms with E-state index in [2.05, 4.69) is 15.9 Å². The van der Waals surface area contributed by atoms with Gasteiger partial charge in [-0.3, -0.25) is 4.79 Å². The van der Waals surface area contributed by atoms with E-state index in [-0.39, 0.29) is 5.91 Å². The minimum atomic E-state index is -0.964. The van der Waals surface area contributed by atoms with Crippen LogP contribution < -0.4 is 0 Å². The molecule has 96 valence electrons. The summed E-state index contributed by atoms with van der Waals surface area (Å²) in [5.74, 6) is -1.29. The number of amides is 1. The van der Waals surface area contributed by atoms with Crippen LogP contribution in [0.3, 0.4) is 0 Å². The lowest BCUT2D eigenvalue weighted by Crippen LogP contribution is -2.40. The maximum Gasteiger partial charge on any atom is 0.326 e. The molecule has 0 spiro atoms. The van der Waals surface area contributed by atoms with Crippen molar-refractivity contribution in [2.75, 3.05) is 6.54 Å². The molecule has 1 aromatic rings. The van der Waals surface area contributed by atoms with Crippen LogP contribution in [0.1, 0.15) is 23.2 Å². The normalized spacial score (nSPS) is 19.0. The van der Waals surface area contributed by atoms with Gasteiger partial charge in [0, 0.05) is 11.0 Å². The van der Waals surface area contributed by atoms with Gasteiger partial charge in [0.15, 0.2) is 0 Å². The zero-order valence-corrected chi connectivity index (χ0v) is 11.7. The minimum absolute atomic E-state index is 0.322. The molecule has 6 heteroatoms. The van der Waals surface area contributed by atoms with Crippen LogP contribution in [0.2, 0.25) is 5.02 Å². The number of carboxylic acid groups (broad SMARTS) is 1. The van der Waals surface area contributed by atoms with Gasteiger partial charge in [0.05, 0.1) is 10.6 Å². The van der Waals surface area contributed by atoms with E-state index in [1.165, 1.54) is 4.90 Å². The predicted octanol–water partition coefficient (Wildman–Crippen LogP) is 2.79. The Hall–Kier alpha value is -1.07. The second-order valence-electron chi connectivity index (χ2n) is 4.12. The molecule has 18 heavy (non-hydrogen) atoms. The third kappa shape index (κ3) is 2.52. The highest BCUT2D eigenvalue weighted by atomic mass is 79.9. The van der Waals surface area contributed by atoms with Crippen molar-refractivity contribution in [1.29, 1.82) is 0 Å². The highest BCUT2D eigenvalue weighted by molar-refractivity contribution is 9.10. The van der Waals surface area contributed by atoms with Crippen molar-refractivity contribution in [2.45, 2.75) is 18.9 Å². The Kier molecular flexibility index (Phi) is 3.92. The number of carbonyl (C=O) groups excluding carboxylic acids is 1. The molecule has 2 rings (SSSR count). The molecular formula is C12H11BrClNO3. The van der Waals surface area contributed by atoms with E-state index in [1.54, 1.807) is 18.2 Å². The first-order valence-electron chi connectivity index (χ1n) is 5.49. The number of likely N-dealkylation sites (tertiary alicyclic amines) is 1. The molecule has 1 amide bonds. The fraction of sp³-hybridized carbons (Fsp3) is 0.333. The number of aliphatic carboxylic acids is 1. The first kappa shape index (κ1) is 13.4. The summed E-state index contributed by atoms with van der Waals surface area (Å²) >= 11 is 9.27. The number of hydrogen-bond donors (Lipinski definition) is 1. The Balaban J connectivity index is 2.28. The van der Waals surface area contributed by atoms with E-state index < -0.39 is 12.0 Å². The Bertz CT molecular complexity index is 506. The first-order chi connectivity index (χ1) is 8.50. The Labute approximate surface area is 118 Å². The molecule has 0 bridgehead atoms. The van der Waals surface area contributed by atoms with Crippen LogP contribution in [0.25, 0.3) is 0 Å². The summed E-state index contributed by atoms with van der Waals surface area (Å²) in [6.45, 7) is 0.461. The van der Waals surface area contributed by atoms with Crippen molar-refractivity contribution >= 4 is 39.4 Å². The summed E-state index contributed by atoms with van der Waals surface area (Å²) in [7, 11) is 0. The fourth-order valence-electron chi connectivity index (χ4n) is 2.08. The van der Waals surface area contributed by atoms with Crippen LogP contribution in [0.5, 0.6) is 0 Å². The lowest BCUT2D eigenvalue weighted by molar-refractivity contribution is -0.141. The van der Waals surface area contributed by atoms with E-state index in [0.29, 0.717) is 30.0 Å². The van der Waals surface area contributed by atoms with Gasteiger partial charge in [-0.2, -0.15) is 0 Å². The molecule has 4 nitrogen and oxygen atoms in total. The van der Waals surface area contributed by atoms with E-state index in [1.807, 2.05) is 0 Å². The summed E-state index contributed by atoms with van der Waals surface area (Å²) < 4.78 is 0.778. The van der Waals surface area contributed by atoms with Gasteiger partial charge in [0.1, 0.15) is 6.04 Å². The van der Waals surface area contributed by atoms with E-state index in [9.17, 15) is 9.59 Å². The van der Waals surface area contributed by atoms with Gasteiger partial charge in [-0.15, -0.1) is 0 Å². The second kappa shape index (κ2) is 5.28. The molecule has 0 saturated carbocycles. The fourth-order valence-corrected chi connectivity index (χ4v) is 2.84. The average molecular weight is 333 g/mol. The van der Waals surface area contributed by atoms with Crippen LogP contribution in [-0.4, -0.2) is 34.5 Å². The molecule has 0 aliphatic carbocycles. The zero-order valence-electron chi connectivity index (χ0n) is 9.40. The molecule has 1 saturated heterocycles. The summed E-state index contributed by atoms with van der Waals surface area (Å²) in [6.07, 6.45) is 1.20. The number of benzene rings is 1.